The van der Waals surface area contributed by atoms with Gasteiger partial charge in [0.05, 0.1) is 0 Å². The Balaban J connectivity index is 2.10. The maximum atomic E-state index is 10.7. The predicted octanol–water partition coefficient (Wildman–Crippen LogP) is 2.80. The van der Waals surface area contributed by atoms with Gasteiger partial charge in [-0.3, -0.25) is 0 Å². The second-order valence-corrected chi connectivity index (χ2v) is 8.24. The molecule has 19 heavy (non-hydrogen) atoms. The van der Waals surface area contributed by atoms with Crippen molar-refractivity contribution in [2.45, 2.75) is 37.7 Å². The molecule has 0 aliphatic heterocycles. The Labute approximate surface area is 129 Å². The first kappa shape index (κ1) is 15.2. The topological polar surface area (TPSA) is 29.5 Å². The van der Waals surface area contributed by atoms with Crippen LogP contribution in [-0.4, -0.2) is 38.7 Å². The molecule has 0 aromatic heterocycles. The molecule has 1 N–H and O–H groups in total. The summed E-state index contributed by atoms with van der Waals surface area (Å²) < 4.78 is 7.50. The van der Waals surface area contributed by atoms with Crippen molar-refractivity contribution in [2.75, 3.05) is 7.11 Å². The molecule has 2 rings (SSSR count). The van der Waals surface area contributed by atoms with Crippen molar-refractivity contribution < 1.29 is 9.84 Å². The van der Waals surface area contributed by atoms with E-state index >= 15 is 0 Å². The van der Waals surface area contributed by atoms with Gasteiger partial charge >= 0.3 is 130 Å². The van der Waals surface area contributed by atoms with Crippen LogP contribution in [-0.2, 0) is 0 Å². The molecule has 103 valence electrons. The maximum absolute atomic E-state index is 10.7. The molecule has 0 bridgehead atoms. The summed E-state index contributed by atoms with van der Waals surface area (Å²) in [6, 6.07) is 8.09. The van der Waals surface area contributed by atoms with Gasteiger partial charge in [-0.05, 0) is 0 Å². The molecule has 1 aromatic carbocycles. The Bertz CT molecular complexity index is 436. The summed E-state index contributed by atoms with van der Waals surface area (Å²) in [7, 11) is 1.67. The van der Waals surface area contributed by atoms with Crippen LogP contribution in [0.15, 0.2) is 33.4 Å². The zero-order chi connectivity index (χ0) is 13.7. The van der Waals surface area contributed by atoms with E-state index in [1.165, 1.54) is 10.0 Å². The van der Waals surface area contributed by atoms with Gasteiger partial charge in [0.15, 0.2) is 0 Å². The average molecular weight is 394 g/mol. The van der Waals surface area contributed by atoms with E-state index in [4.69, 9.17) is 16.3 Å². The number of methoxy groups -OCH3 is 1. The molecule has 1 aromatic rings. The first-order chi connectivity index (χ1) is 9.18. The predicted molar refractivity (Wildman–Crippen MR) is 80.4 cm³/mol. The van der Waals surface area contributed by atoms with Crippen LogP contribution < -0.4 is 8.35 Å². The molecule has 0 unspecified atom stereocenters. The standard InChI is InChI=1S/C15H19ClO2Te/c1-18-12-5-7-13(8-6-12)19-14(11-16)15(17)9-3-2-4-10-15/h5-8,11,17H,2-4,9-10H2,1H3/q+1/b14-11+. The van der Waals surface area contributed by atoms with E-state index < -0.39 is 26.5 Å². The fourth-order valence-corrected chi connectivity index (χ4v) is 5.63. The molecular formula is C15H19ClO2Te+. The van der Waals surface area contributed by atoms with Gasteiger partial charge in [0, 0.05) is 0 Å². The van der Waals surface area contributed by atoms with Crippen LogP contribution in [0.1, 0.15) is 32.1 Å². The molecule has 0 spiro atoms. The number of hydrogen-bond acceptors (Lipinski definition) is 2. The molecule has 1 radical (unpaired) electrons. The summed E-state index contributed by atoms with van der Waals surface area (Å²) in [6.07, 6.45) is 5.13. The van der Waals surface area contributed by atoms with Gasteiger partial charge in [0.25, 0.3) is 0 Å². The van der Waals surface area contributed by atoms with Crippen LogP contribution in [0.25, 0.3) is 0 Å². The Morgan fingerprint density at radius 3 is 2.42 bits per heavy atom. The van der Waals surface area contributed by atoms with Gasteiger partial charge in [-0.1, -0.05) is 0 Å². The van der Waals surface area contributed by atoms with Gasteiger partial charge in [-0.2, -0.15) is 0 Å². The van der Waals surface area contributed by atoms with Gasteiger partial charge in [-0.15, -0.1) is 0 Å². The molecule has 0 heterocycles. The van der Waals surface area contributed by atoms with E-state index in [9.17, 15) is 5.11 Å². The van der Waals surface area contributed by atoms with Crippen molar-refractivity contribution in [3.8, 4) is 5.75 Å². The molecule has 0 saturated heterocycles. The van der Waals surface area contributed by atoms with Crippen LogP contribution in [0.4, 0.5) is 0 Å². The summed E-state index contributed by atoms with van der Waals surface area (Å²) in [5.74, 6) is 0.865. The minimum atomic E-state index is -0.651. The summed E-state index contributed by atoms with van der Waals surface area (Å²) >= 11 is 5.38. The molecule has 1 aliphatic carbocycles. The number of halogens is 1. The van der Waals surface area contributed by atoms with Gasteiger partial charge in [-0.25, -0.2) is 0 Å². The summed E-state index contributed by atoms with van der Waals surface area (Å²) in [5, 5.41) is 10.7. The molecule has 1 fully saturated rings. The van der Waals surface area contributed by atoms with Crippen molar-refractivity contribution >= 4 is 36.1 Å². The van der Waals surface area contributed by atoms with Crippen LogP contribution >= 0.6 is 11.6 Å². The van der Waals surface area contributed by atoms with Gasteiger partial charge < -0.3 is 0 Å². The summed E-state index contributed by atoms with van der Waals surface area (Å²) in [6.45, 7) is 0. The first-order valence-corrected chi connectivity index (χ1v) is 9.30. The summed E-state index contributed by atoms with van der Waals surface area (Å²) in [5.41, 5.74) is 0.972. The van der Waals surface area contributed by atoms with Crippen LogP contribution in [0.2, 0.25) is 0 Å². The van der Waals surface area contributed by atoms with Crippen molar-refractivity contribution in [3.05, 3.63) is 33.4 Å². The molecule has 1 aliphatic rings. The third-order valence-corrected chi connectivity index (χ3v) is 7.65. The zero-order valence-corrected chi connectivity index (χ0v) is 14.2. The quantitative estimate of drug-likeness (QED) is 0.796. The Morgan fingerprint density at radius 1 is 1.26 bits per heavy atom. The van der Waals surface area contributed by atoms with Crippen molar-refractivity contribution in [3.63, 3.8) is 0 Å². The second-order valence-electron chi connectivity index (χ2n) is 4.84. The van der Waals surface area contributed by atoms with E-state index in [0.29, 0.717) is 0 Å². The molecule has 0 atom stereocenters. The van der Waals surface area contributed by atoms with Crippen LogP contribution in [0.3, 0.4) is 0 Å². The number of ether oxygens (including phenoxy) is 1. The van der Waals surface area contributed by atoms with E-state index in [2.05, 4.69) is 12.1 Å². The molecule has 1 saturated carbocycles. The van der Waals surface area contributed by atoms with E-state index in [1.807, 2.05) is 12.1 Å². The van der Waals surface area contributed by atoms with E-state index in [1.54, 1.807) is 12.6 Å². The van der Waals surface area contributed by atoms with Crippen LogP contribution in [0, 0.1) is 0 Å². The Morgan fingerprint density at radius 2 is 1.89 bits per heavy atom. The van der Waals surface area contributed by atoms with Crippen molar-refractivity contribution in [1.29, 1.82) is 0 Å². The number of benzene rings is 1. The fraction of sp³-hybridized carbons (Fsp3) is 0.467. The molecular weight excluding hydrogens is 375 g/mol. The number of aliphatic hydroxyl groups is 1. The Kier molecular flexibility index (Phi) is 5.59. The monoisotopic (exact) mass is 396 g/mol. The number of rotatable bonds is 4. The Hall–Kier alpha value is -0.200. The molecule has 2 nitrogen and oxygen atoms in total. The third kappa shape index (κ3) is 3.89. The number of hydrogen-bond donors (Lipinski definition) is 1. The van der Waals surface area contributed by atoms with E-state index in [0.717, 1.165) is 35.1 Å². The minimum absolute atomic E-state index is 0.610. The van der Waals surface area contributed by atoms with Gasteiger partial charge in [0.2, 0.25) is 0 Å². The van der Waals surface area contributed by atoms with Crippen LogP contribution in [0.5, 0.6) is 5.75 Å². The van der Waals surface area contributed by atoms with Crippen molar-refractivity contribution in [2.24, 2.45) is 0 Å². The van der Waals surface area contributed by atoms with Crippen molar-refractivity contribution in [1.82, 2.24) is 0 Å². The summed E-state index contributed by atoms with van der Waals surface area (Å²) in [4.78, 5) is 0. The first-order valence-electron chi connectivity index (χ1n) is 6.53. The SMILES string of the molecule is COc1ccc([Te+]/C(=C/Cl)C2(O)CCCCC2)cc1. The van der Waals surface area contributed by atoms with E-state index in [-0.39, 0.29) is 0 Å². The second kappa shape index (κ2) is 6.99. The zero-order valence-electron chi connectivity index (χ0n) is 11.1. The molecule has 4 heteroatoms. The third-order valence-electron chi connectivity index (χ3n) is 3.53. The average Bonchev–Trinajstić information content (AvgIpc) is 2.46. The molecule has 0 amide bonds. The normalized spacial score (nSPS) is 19.2. The fourth-order valence-electron chi connectivity index (χ4n) is 2.37. The van der Waals surface area contributed by atoms with Gasteiger partial charge in [0.1, 0.15) is 0 Å².